The van der Waals surface area contributed by atoms with Crippen molar-refractivity contribution >= 4 is 0 Å². The first-order chi connectivity index (χ1) is 11.2. The van der Waals surface area contributed by atoms with Crippen molar-refractivity contribution in [2.45, 2.75) is 82.7 Å². The number of hydrogen-bond acceptors (Lipinski definition) is 5. The van der Waals surface area contributed by atoms with Crippen LogP contribution in [0.5, 0.6) is 0 Å². The van der Waals surface area contributed by atoms with E-state index in [1.807, 2.05) is 6.08 Å². The summed E-state index contributed by atoms with van der Waals surface area (Å²) in [5, 5.41) is 28.8. The third-order valence-corrected chi connectivity index (χ3v) is 4.21. The molecule has 1 heterocycles. The molecule has 1 rings (SSSR count). The van der Waals surface area contributed by atoms with Crippen LogP contribution in [0, 0.1) is 0 Å². The molecule has 1 fully saturated rings. The molecule has 0 aliphatic carbocycles. The van der Waals surface area contributed by atoms with Crippen LogP contribution in [0.1, 0.15) is 58.3 Å². The Labute approximate surface area is 140 Å². The summed E-state index contributed by atoms with van der Waals surface area (Å²) >= 11 is 0. The van der Waals surface area contributed by atoms with E-state index in [1.54, 1.807) is 0 Å². The zero-order valence-electron chi connectivity index (χ0n) is 14.4. The minimum atomic E-state index is -1.04. The highest BCUT2D eigenvalue weighted by Gasteiger charge is 2.39. The summed E-state index contributed by atoms with van der Waals surface area (Å²) in [4.78, 5) is 0. The minimum absolute atomic E-state index is 0.0568. The van der Waals surface area contributed by atoms with Gasteiger partial charge in [0.05, 0.1) is 19.8 Å². The second-order valence-electron chi connectivity index (χ2n) is 6.34. The molecule has 0 bridgehead atoms. The smallest absolute Gasteiger partial charge is 0.114 e. The fourth-order valence-electron chi connectivity index (χ4n) is 2.72. The summed E-state index contributed by atoms with van der Waals surface area (Å²) in [5.74, 6) is 0. The normalized spacial score (nSPS) is 26.2. The summed E-state index contributed by atoms with van der Waals surface area (Å²) in [6.07, 6.45) is 10.7. The number of aliphatic hydroxyl groups is 3. The van der Waals surface area contributed by atoms with Crippen molar-refractivity contribution in [1.29, 1.82) is 0 Å². The minimum Gasteiger partial charge on any atom is -0.388 e. The lowest BCUT2D eigenvalue weighted by molar-refractivity contribution is -0.0782. The molecule has 0 amide bonds. The highest BCUT2D eigenvalue weighted by molar-refractivity contribution is 4.88. The standard InChI is InChI=1S/C18H34O5/c1-2-3-4-5-6-7-8-9-10-11-12-22-13-16(20)18-17(21)15(19)14-23-18/h10-11,15-21H,2-9,12-14H2,1H3/b11-10+/t15-,16+,17-,18-/m0/s1. The van der Waals surface area contributed by atoms with E-state index in [-0.39, 0.29) is 13.2 Å². The molecule has 4 atom stereocenters. The highest BCUT2D eigenvalue weighted by atomic mass is 16.5. The number of hydrogen-bond donors (Lipinski definition) is 3. The molecular weight excluding hydrogens is 296 g/mol. The van der Waals surface area contributed by atoms with Gasteiger partial charge in [-0.2, -0.15) is 0 Å². The molecule has 0 aromatic rings. The lowest BCUT2D eigenvalue weighted by Crippen LogP contribution is -2.40. The van der Waals surface area contributed by atoms with Crippen LogP contribution >= 0.6 is 0 Å². The lowest BCUT2D eigenvalue weighted by Gasteiger charge is -2.20. The topological polar surface area (TPSA) is 79.2 Å². The van der Waals surface area contributed by atoms with Gasteiger partial charge in [0.15, 0.2) is 0 Å². The Balaban J connectivity index is 1.92. The summed E-state index contributed by atoms with van der Waals surface area (Å²) in [7, 11) is 0. The fraction of sp³-hybridized carbons (Fsp3) is 0.889. The molecule has 0 radical (unpaired) electrons. The van der Waals surface area contributed by atoms with Crippen LogP contribution in [0.4, 0.5) is 0 Å². The van der Waals surface area contributed by atoms with Gasteiger partial charge < -0.3 is 24.8 Å². The van der Waals surface area contributed by atoms with Crippen molar-refractivity contribution in [2.75, 3.05) is 19.8 Å². The first kappa shape index (κ1) is 20.6. The number of aliphatic hydroxyl groups excluding tert-OH is 3. The maximum atomic E-state index is 9.85. The van der Waals surface area contributed by atoms with Crippen LogP contribution < -0.4 is 0 Å². The first-order valence-corrected chi connectivity index (χ1v) is 9.05. The summed E-state index contributed by atoms with van der Waals surface area (Å²) in [5.41, 5.74) is 0. The van der Waals surface area contributed by atoms with E-state index in [2.05, 4.69) is 13.0 Å². The average Bonchev–Trinajstić information content (AvgIpc) is 2.88. The Morgan fingerprint density at radius 3 is 2.43 bits per heavy atom. The molecule has 0 spiro atoms. The molecule has 0 unspecified atom stereocenters. The van der Waals surface area contributed by atoms with Gasteiger partial charge in [0, 0.05) is 0 Å². The largest absolute Gasteiger partial charge is 0.388 e. The van der Waals surface area contributed by atoms with E-state index < -0.39 is 24.4 Å². The zero-order valence-corrected chi connectivity index (χ0v) is 14.4. The molecule has 0 saturated carbocycles. The maximum absolute atomic E-state index is 9.85. The van der Waals surface area contributed by atoms with Crippen molar-refractivity contribution in [3.63, 3.8) is 0 Å². The molecule has 0 aromatic carbocycles. The van der Waals surface area contributed by atoms with Crippen molar-refractivity contribution in [3.05, 3.63) is 12.2 Å². The second-order valence-corrected chi connectivity index (χ2v) is 6.34. The van der Waals surface area contributed by atoms with Crippen molar-refractivity contribution in [2.24, 2.45) is 0 Å². The van der Waals surface area contributed by atoms with Gasteiger partial charge in [0.1, 0.15) is 24.4 Å². The monoisotopic (exact) mass is 330 g/mol. The SMILES string of the molecule is CCCCCCCCC/C=C/COC[C@@H](O)[C@@H]1OC[C@H](O)[C@@H]1O. The number of allylic oxidation sites excluding steroid dienone is 1. The Bertz CT molecular complexity index is 308. The lowest BCUT2D eigenvalue weighted by atomic mass is 10.1. The number of unbranched alkanes of at least 4 members (excludes halogenated alkanes) is 7. The summed E-state index contributed by atoms with van der Waals surface area (Å²) < 4.78 is 10.5. The predicted molar refractivity (Wildman–Crippen MR) is 90.3 cm³/mol. The van der Waals surface area contributed by atoms with Crippen molar-refractivity contribution in [1.82, 2.24) is 0 Å². The molecule has 23 heavy (non-hydrogen) atoms. The van der Waals surface area contributed by atoms with E-state index in [9.17, 15) is 15.3 Å². The van der Waals surface area contributed by atoms with Crippen LogP contribution in [0.2, 0.25) is 0 Å². The van der Waals surface area contributed by atoms with Gasteiger partial charge in [-0.1, -0.05) is 57.6 Å². The van der Waals surface area contributed by atoms with Crippen LogP contribution in [0.25, 0.3) is 0 Å². The average molecular weight is 330 g/mol. The van der Waals surface area contributed by atoms with Gasteiger partial charge in [-0.3, -0.25) is 0 Å². The van der Waals surface area contributed by atoms with E-state index in [4.69, 9.17) is 9.47 Å². The van der Waals surface area contributed by atoms with E-state index >= 15 is 0 Å². The van der Waals surface area contributed by atoms with E-state index in [1.165, 1.54) is 44.9 Å². The quantitative estimate of drug-likeness (QED) is 0.356. The molecular formula is C18H34O5. The first-order valence-electron chi connectivity index (χ1n) is 9.05. The van der Waals surface area contributed by atoms with Gasteiger partial charge in [-0.15, -0.1) is 0 Å². The maximum Gasteiger partial charge on any atom is 0.114 e. The Hall–Kier alpha value is -0.460. The zero-order chi connectivity index (χ0) is 16.9. The molecule has 136 valence electrons. The highest BCUT2D eigenvalue weighted by Crippen LogP contribution is 2.17. The fourth-order valence-corrected chi connectivity index (χ4v) is 2.72. The van der Waals surface area contributed by atoms with E-state index in [0.29, 0.717) is 6.61 Å². The van der Waals surface area contributed by atoms with Gasteiger partial charge >= 0.3 is 0 Å². The van der Waals surface area contributed by atoms with E-state index in [0.717, 1.165) is 6.42 Å². The van der Waals surface area contributed by atoms with Crippen LogP contribution in [-0.2, 0) is 9.47 Å². The van der Waals surface area contributed by atoms with Gasteiger partial charge in [-0.25, -0.2) is 0 Å². The molecule has 5 heteroatoms. The predicted octanol–water partition coefficient (Wildman–Crippen LogP) is 2.18. The second kappa shape index (κ2) is 12.9. The molecule has 1 aliphatic rings. The summed E-state index contributed by atoms with van der Waals surface area (Å²) in [6, 6.07) is 0. The third kappa shape index (κ3) is 8.82. The Morgan fingerprint density at radius 2 is 1.78 bits per heavy atom. The van der Waals surface area contributed by atoms with Gasteiger partial charge in [-0.05, 0) is 12.8 Å². The Kier molecular flexibility index (Phi) is 11.5. The van der Waals surface area contributed by atoms with Crippen LogP contribution in [-0.4, -0.2) is 59.6 Å². The van der Waals surface area contributed by atoms with Gasteiger partial charge in [0.25, 0.3) is 0 Å². The van der Waals surface area contributed by atoms with Crippen molar-refractivity contribution in [3.8, 4) is 0 Å². The van der Waals surface area contributed by atoms with Crippen LogP contribution in [0.3, 0.4) is 0 Å². The van der Waals surface area contributed by atoms with Crippen molar-refractivity contribution < 1.29 is 24.8 Å². The molecule has 1 saturated heterocycles. The van der Waals surface area contributed by atoms with Crippen LogP contribution in [0.15, 0.2) is 12.2 Å². The summed E-state index contributed by atoms with van der Waals surface area (Å²) in [6.45, 7) is 2.83. The molecule has 3 N–H and O–H groups in total. The molecule has 0 aromatic heterocycles. The third-order valence-electron chi connectivity index (χ3n) is 4.21. The molecule has 5 nitrogen and oxygen atoms in total. The number of ether oxygens (including phenoxy) is 2. The molecule has 1 aliphatic heterocycles. The van der Waals surface area contributed by atoms with Gasteiger partial charge in [0.2, 0.25) is 0 Å². The number of rotatable bonds is 13. The Morgan fingerprint density at radius 1 is 1.09 bits per heavy atom.